The molecule has 234 valence electrons. The van der Waals surface area contributed by atoms with Gasteiger partial charge in [0.25, 0.3) is 0 Å². The molecule has 0 radical (unpaired) electrons. The van der Waals surface area contributed by atoms with Crippen LogP contribution in [0.5, 0.6) is 17.2 Å². The lowest BCUT2D eigenvalue weighted by Gasteiger charge is -2.33. The number of hydrogen-bond donors (Lipinski definition) is 0. The zero-order valence-electron chi connectivity index (χ0n) is 23.5. The van der Waals surface area contributed by atoms with Crippen molar-refractivity contribution in [1.82, 2.24) is 0 Å². The molecule has 0 aliphatic heterocycles. The lowest BCUT2D eigenvalue weighted by molar-refractivity contribution is -0.223. The van der Waals surface area contributed by atoms with Crippen LogP contribution in [0.4, 0.5) is 35.1 Å². The fourth-order valence-corrected chi connectivity index (χ4v) is 5.19. The molecule has 43 heavy (non-hydrogen) atoms. The van der Waals surface area contributed by atoms with Crippen LogP contribution < -0.4 is 14.2 Å². The lowest BCUT2D eigenvalue weighted by Crippen LogP contribution is -2.37. The van der Waals surface area contributed by atoms with Crippen LogP contribution in [-0.2, 0) is 0 Å². The fraction of sp³-hybridized carbons (Fsp3) is 0.438. The zero-order chi connectivity index (χ0) is 31.2. The summed E-state index contributed by atoms with van der Waals surface area (Å²) in [6, 6.07) is 8.37. The fourth-order valence-electron chi connectivity index (χ4n) is 5.19. The Morgan fingerprint density at radius 2 is 1.30 bits per heavy atom. The summed E-state index contributed by atoms with van der Waals surface area (Å²) in [5.41, 5.74) is -0.710. The van der Waals surface area contributed by atoms with Gasteiger partial charge in [-0.3, -0.25) is 0 Å². The van der Waals surface area contributed by atoms with Gasteiger partial charge in [-0.05, 0) is 85.7 Å². The highest BCUT2D eigenvalue weighted by molar-refractivity contribution is 5.65. The SMILES string of the molecule is CCCCCC1CCC(C(F)(F)Oc2ccc(OCC(F)(F)Oc3ccc(-c4cc(F)c(F)c(F)c4)c(F)c3)cc2)CC1. The molecule has 1 aliphatic carbocycles. The molecule has 0 atom stereocenters. The van der Waals surface area contributed by atoms with E-state index in [1.54, 1.807) is 0 Å². The Balaban J connectivity index is 1.28. The highest BCUT2D eigenvalue weighted by Crippen LogP contribution is 2.41. The number of ether oxygens (including phenoxy) is 3. The highest BCUT2D eigenvalue weighted by Gasteiger charge is 2.44. The van der Waals surface area contributed by atoms with Gasteiger partial charge in [-0.25, -0.2) is 17.6 Å². The van der Waals surface area contributed by atoms with Crippen molar-refractivity contribution in [3.05, 3.63) is 77.9 Å². The minimum atomic E-state index is -3.94. The monoisotopic (exact) mass is 616 g/mol. The number of rotatable bonds is 13. The molecule has 0 saturated heterocycles. The van der Waals surface area contributed by atoms with Gasteiger partial charge in [-0.1, -0.05) is 32.6 Å². The Morgan fingerprint density at radius 3 is 1.91 bits per heavy atom. The maximum absolute atomic E-state index is 14.8. The standard InChI is InChI=1S/C32H32F8O3/c1-2-3-4-5-20-6-8-22(9-7-20)32(39,40)43-24-12-10-23(11-13-24)41-19-31(37,38)42-25-14-15-26(27(33)18-25)21-16-28(34)30(36)29(35)17-21/h10-18,20,22H,2-9,19H2,1H3. The second-order valence-corrected chi connectivity index (χ2v) is 10.8. The number of hydrogen-bond acceptors (Lipinski definition) is 3. The maximum Gasteiger partial charge on any atom is 0.432 e. The quantitative estimate of drug-likeness (QED) is 0.109. The van der Waals surface area contributed by atoms with Gasteiger partial charge >= 0.3 is 12.2 Å². The second kappa shape index (κ2) is 13.9. The highest BCUT2D eigenvalue weighted by atomic mass is 19.3. The first-order chi connectivity index (χ1) is 20.4. The molecule has 0 aromatic heterocycles. The molecule has 4 rings (SSSR count). The lowest BCUT2D eigenvalue weighted by atomic mass is 9.79. The Bertz CT molecular complexity index is 1330. The van der Waals surface area contributed by atoms with E-state index in [9.17, 15) is 35.1 Å². The van der Waals surface area contributed by atoms with Crippen molar-refractivity contribution >= 4 is 0 Å². The molecule has 3 nitrogen and oxygen atoms in total. The Hall–Kier alpha value is -3.50. The van der Waals surface area contributed by atoms with Crippen LogP contribution in [-0.4, -0.2) is 18.8 Å². The number of alkyl halides is 4. The number of halogens is 8. The molecule has 0 bridgehead atoms. The summed E-state index contributed by atoms with van der Waals surface area (Å²) in [4.78, 5) is 0. The molecule has 11 heteroatoms. The summed E-state index contributed by atoms with van der Waals surface area (Å²) in [6.45, 7) is 0.821. The van der Waals surface area contributed by atoms with Crippen molar-refractivity contribution in [2.24, 2.45) is 11.8 Å². The minimum Gasteiger partial charge on any atom is -0.483 e. The molecule has 0 spiro atoms. The third kappa shape index (κ3) is 8.76. The van der Waals surface area contributed by atoms with Gasteiger partial charge in [0.05, 0.1) is 5.92 Å². The summed E-state index contributed by atoms with van der Waals surface area (Å²) in [5.74, 6) is -7.22. The van der Waals surface area contributed by atoms with E-state index < -0.39 is 53.8 Å². The van der Waals surface area contributed by atoms with Gasteiger partial charge in [0.2, 0.25) is 0 Å². The number of unbranched alkanes of at least 4 members (excludes halogenated alkanes) is 2. The summed E-state index contributed by atoms with van der Waals surface area (Å²) >= 11 is 0. The molecule has 0 unspecified atom stereocenters. The normalized spacial score (nSPS) is 17.5. The van der Waals surface area contributed by atoms with E-state index in [1.807, 2.05) is 0 Å². The van der Waals surface area contributed by atoms with Crippen LogP contribution in [0.2, 0.25) is 0 Å². The molecular weight excluding hydrogens is 584 g/mol. The molecule has 0 heterocycles. The third-order valence-corrected chi connectivity index (χ3v) is 7.53. The van der Waals surface area contributed by atoms with Crippen LogP contribution in [0.3, 0.4) is 0 Å². The van der Waals surface area contributed by atoms with E-state index in [2.05, 4.69) is 11.7 Å². The van der Waals surface area contributed by atoms with Crippen LogP contribution in [0, 0.1) is 35.1 Å². The van der Waals surface area contributed by atoms with Crippen molar-refractivity contribution in [3.8, 4) is 28.4 Å². The summed E-state index contributed by atoms with van der Waals surface area (Å²) < 4.78 is 128. The third-order valence-electron chi connectivity index (χ3n) is 7.53. The number of benzene rings is 3. The molecule has 0 amide bonds. The van der Waals surface area contributed by atoms with Crippen LogP contribution in [0.1, 0.15) is 58.3 Å². The average Bonchev–Trinajstić information content (AvgIpc) is 2.95. The predicted octanol–water partition coefficient (Wildman–Crippen LogP) is 10.3. The molecule has 3 aromatic carbocycles. The Labute approximate surface area is 244 Å². The summed E-state index contributed by atoms with van der Waals surface area (Å²) in [5, 5.41) is 0. The summed E-state index contributed by atoms with van der Waals surface area (Å²) in [7, 11) is 0. The Kier molecular flexibility index (Phi) is 10.4. The van der Waals surface area contributed by atoms with Gasteiger partial charge in [-0.15, -0.1) is 0 Å². The van der Waals surface area contributed by atoms with E-state index in [4.69, 9.17) is 9.47 Å². The first kappa shape index (κ1) is 32.4. The van der Waals surface area contributed by atoms with E-state index in [0.717, 1.165) is 50.7 Å². The molecule has 1 saturated carbocycles. The summed E-state index contributed by atoms with van der Waals surface area (Å²) in [6.07, 6.45) is -0.665. The van der Waals surface area contributed by atoms with Crippen molar-refractivity contribution in [1.29, 1.82) is 0 Å². The van der Waals surface area contributed by atoms with Crippen molar-refractivity contribution in [2.45, 2.75) is 70.5 Å². The van der Waals surface area contributed by atoms with Crippen LogP contribution in [0.15, 0.2) is 54.6 Å². The van der Waals surface area contributed by atoms with E-state index in [0.29, 0.717) is 37.0 Å². The smallest absolute Gasteiger partial charge is 0.432 e. The molecular formula is C32H32F8O3. The topological polar surface area (TPSA) is 27.7 Å². The molecule has 0 N–H and O–H groups in total. The van der Waals surface area contributed by atoms with E-state index >= 15 is 0 Å². The van der Waals surface area contributed by atoms with Crippen LogP contribution in [0.25, 0.3) is 11.1 Å². The van der Waals surface area contributed by atoms with Gasteiger partial charge in [-0.2, -0.15) is 17.6 Å². The van der Waals surface area contributed by atoms with Crippen LogP contribution >= 0.6 is 0 Å². The minimum absolute atomic E-state index is 0.0755. The first-order valence-corrected chi connectivity index (χ1v) is 14.2. The van der Waals surface area contributed by atoms with Gasteiger partial charge in [0, 0.05) is 11.6 Å². The zero-order valence-corrected chi connectivity index (χ0v) is 23.5. The van der Waals surface area contributed by atoms with E-state index in [1.165, 1.54) is 24.3 Å². The molecule has 1 fully saturated rings. The van der Waals surface area contributed by atoms with Gasteiger partial charge in [0.1, 0.15) is 23.1 Å². The van der Waals surface area contributed by atoms with Crippen molar-refractivity contribution < 1.29 is 49.3 Å². The predicted molar refractivity (Wildman–Crippen MR) is 144 cm³/mol. The molecule has 3 aromatic rings. The largest absolute Gasteiger partial charge is 0.483 e. The molecule has 1 aliphatic rings. The average molecular weight is 617 g/mol. The Morgan fingerprint density at radius 1 is 0.698 bits per heavy atom. The van der Waals surface area contributed by atoms with Crippen molar-refractivity contribution in [3.63, 3.8) is 0 Å². The first-order valence-electron chi connectivity index (χ1n) is 14.2. The van der Waals surface area contributed by atoms with Gasteiger partial charge in [0.15, 0.2) is 24.1 Å². The second-order valence-electron chi connectivity index (χ2n) is 10.8. The maximum atomic E-state index is 14.8. The van der Waals surface area contributed by atoms with Crippen molar-refractivity contribution in [2.75, 3.05) is 6.61 Å². The van der Waals surface area contributed by atoms with Gasteiger partial charge < -0.3 is 14.2 Å². The van der Waals surface area contributed by atoms with E-state index in [-0.39, 0.29) is 22.6 Å².